The van der Waals surface area contributed by atoms with Crippen molar-refractivity contribution < 1.29 is 13.2 Å². The molecule has 3 nitrogen and oxygen atoms in total. The number of hydrogen-bond donors (Lipinski definition) is 1. The molecule has 0 atom stereocenters. The highest BCUT2D eigenvalue weighted by Crippen LogP contribution is 2.36. The Hall–Kier alpha value is -2.60. The van der Waals surface area contributed by atoms with Gasteiger partial charge < -0.3 is 5.32 Å². The lowest BCUT2D eigenvalue weighted by Crippen LogP contribution is -2.06. The van der Waals surface area contributed by atoms with Crippen LogP contribution in [0.5, 0.6) is 0 Å². The molecule has 2 aromatic carbocycles. The number of benzene rings is 2. The topological polar surface area (TPSA) is 37.8 Å². The summed E-state index contributed by atoms with van der Waals surface area (Å²) in [7, 11) is 0. The van der Waals surface area contributed by atoms with E-state index in [0.717, 1.165) is 11.6 Å². The van der Waals surface area contributed by atoms with Gasteiger partial charge in [-0.25, -0.2) is 0 Å². The van der Waals surface area contributed by atoms with Crippen molar-refractivity contribution >= 4 is 23.1 Å². The zero-order valence-corrected chi connectivity index (χ0v) is 12.9. The Kier molecular flexibility index (Phi) is 4.40. The summed E-state index contributed by atoms with van der Waals surface area (Å²) < 4.78 is 38.6. The first kappa shape index (κ1) is 16.3. The van der Waals surface area contributed by atoms with Crippen LogP contribution in [0.2, 0.25) is 5.02 Å². The fraction of sp³-hybridized carbons (Fsp3) is 0.0588. The van der Waals surface area contributed by atoms with E-state index < -0.39 is 11.7 Å². The molecular formula is C17H11ClF3N3. The van der Waals surface area contributed by atoms with Crippen LogP contribution in [0, 0.1) is 0 Å². The van der Waals surface area contributed by atoms with Gasteiger partial charge in [0, 0.05) is 11.3 Å². The number of nitrogens with one attached hydrogen (secondary N) is 1. The molecule has 0 unspecified atom stereocenters. The first-order valence-corrected chi connectivity index (χ1v) is 7.34. The second-order valence-corrected chi connectivity index (χ2v) is 5.39. The Bertz CT molecular complexity index is 834. The van der Waals surface area contributed by atoms with Gasteiger partial charge in [-0.3, -0.25) is 0 Å². The number of rotatable bonds is 3. The highest BCUT2D eigenvalue weighted by molar-refractivity contribution is 6.31. The number of hydrogen-bond acceptors (Lipinski definition) is 3. The van der Waals surface area contributed by atoms with Gasteiger partial charge in [-0.2, -0.15) is 13.2 Å². The van der Waals surface area contributed by atoms with Crippen LogP contribution in [0.4, 0.5) is 24.7 Å². The molecule has 122 valence electrons. The zero-order chi connectivity index (χ0) is 17.2. The molecule has 1 aromatic heterocycles. The maximum absolute atomic E-state index is 12.9. The third-order valence-electron chi connectivity index (χ3n) is 3.28. The predicted molar refractivity (Wildman–Crippen MR) is 87.2 cm³/mol. The molecular weight excluding hydrogens is 339 g/mol. The molecule has 0 bridgehead atoms. The van der Waals surface area contributed by atoms with Crippen LogP contribution in [-0.4, -0.2) is 10.2 Å². The van der Waals surface area contributed by atoms with Gasteiger partial charge in [-0.1, -0.05) is 41.9 Å². The fourth-order valence-corrected chi connectivity index (χ4v) is 2.35. The van der Waals surface area contributed by atoms with Crippen LogP contribution in [0.3, 0.4) is 0 Å². The molecule has 0 aliphatic heterocycles. The molecule has 7 heteroatoms. The summed E-state index contributed by atoms with van der Waals surface area (Å²) in [5.41, 5.74) is 0.909. The number of alkyl halides is 3. The smallest absolute Gasteiger partial charge is 0.339 e. The summed E-state index contributed by atoms with van der Waals surface area (Å²) in [6, 6.07) is 16.4. The van der Waals surface area contributed by atoms with Crippen molar-refractivity contribution in [3.63, 3.8) is 0 Å². The summed E-state index contributed by atoms with van der Waals surface area (Å²) in [5.74, 6) is 0.338. The third kappa shape index (κ3) is 3.65. The van der Waals surface area contributed by atoms with Crippen LogP contribution in [-0.2, 0) is 6.18 Å². The molecule has 0 aliphatic carbocycles. The molecule has 0 amide bonds. The van der Waals surface area contributed by atoms with Gasteiger partial charge in [-0.05, 0) is 30.3 Å². The standard InChI is InChI=1S/C17H11ClF3N3/c18-14-7-6-12(10-13(14)17(19,20)21)22-16-9-8-15(23-24-16)11-4-2-1-3-5-11/h1-10H,(H,22,24). The first-order chi connectivity index (χ1) is 11.4. The number of nitrogens with zero attached hydrogens (tertiary/aromatic N) is 2. The van der Waals surface area contributed by atoms with E-state index in [4.69, 9.17) is 11.6 Å². The van der Waals surface area contributed by atoms with Gasteiger partial charge >= 0.3 is 6.18 Å². The van der Waals surface area contributed by atoms with Gasteiger partial charge in [0.25, 0.3) is 0 Å². The van der Waals surface area contributed by atoms with Gasteiger partial charge in [-0.15, -0.1) is 10.2 Å². The SMILES string of the molecule is FC(F)(F)c1cc(Nc2ccc(-c3ccccc3)nn2)ccc1Cl. The molecule has 24 heavy (non-hydrogen) atoms. The largest absolute Gasteiger partial charge is 0.417 e. The lowest BCUT2D eigenvalue weighted by molar-refractivity contribution is -0.137. The summed E-state index contributed by atoms with van der Waals surface area (Å²) >= 11 is 5.60. The molecule has 3 aromatic rings. The van der Waals surface area contributed by atoms with E-state index in [-0.39, 0.29) is 10.7 Å². The van der Waals surface area contributed by atoms with Crippen LogP contribution < -0.4 is 5.32 Å². The van der Waals surface area contributed by atoms with Gasteiger partial charge in [0.05, 0.1) is 16.3 Å². The van der Waals surface area contributed by atoms with Crippen molar-refractivity contribution in [2.24, 2.45) is 0 Å². The van der Waals surface area contributed by atoms with Gasteiger partial charge in [0.2, 0.25) is 0 Å². The summed E-state index contributed by atoms with van der Waals surface area (Å²) in [6.45, 7) is 0. The molecule has 0 saturated carbocycles. The number of anilines is 2. The highest BCUT2D eigenvalue weighted by Gasteiger charge is 2.33. The molecule has 0 spiro atoms. The molecule has 1 N–H and O–H groups in total. The number of halogens is 4. The second-order valence-electron chi connectivity index (χ2n) is 4.99. The molecule has 1 heterocycles. The van der Waals surface area contributed by atoms with Crippen LogP contribution >= 0.6 is 11.6 Å². The molecule has 0 aliphatic rings. The van der Waals surface area contributed by atoms with E-state index in [2.05, 4.69) is 15.5 Å². The van der Waals surface area contributed by atoms with Gasteiger partial charge in [0.1, 0.15) is 0 Å². The van der Waals surface area contributed by atoms with E-state index >= 15 is 0 Å². The minimum absolute atomic E-state index is 0.230. The predicted octanol–water partition coefficient (Wildman–Crippen LogP) is 5.56. The zero-order valence-electron chi connectivity index (χ0n) is 12.2. The van der Waals surface area contributed by atoms with Crippen molar-refractivity contribution in [3.05, 3.63) is 71.2 Å². The van der Waals surface area contributed by atoms with Crippen molar-refractivity contribution in [1.29, 1.82) is 0 Å². The van der Waals surface area contributed by atoms with Crippen LogP contribution in [0.1, 0.15) is 5.56 Å². The average Bonchev–Trinajstić information content (AvgIpc) is 2.57. The van der Waals surface area contributed by atoms with Crippen LogP contribution in [0.25, 0.3) is 11.3 Å². The quantitative estimate of drug-likeness (QED) is 0.672. The fourth-order valence-electron chi connectivity index (χ4n) is 2.13. The van der Waals surface area contributed by atoms with E-state index in [1.807, 2.05) is 30.3 Å². The molecule has 0 radical (unpaired) electrons. The van der Waals surface area contributed by atoms with Gasteiger partial charge in [0.15, 0.2) is 5.82 Å². The van der Waals surface area contributed by atoms with E-state index in [1.165, 1.54) is 12.1 Å². The first-order valence-electron chi connectivity index (χ1n) is 6.96. The van der Waals surface area contributed by atoms with E-state index in [0.29, 0.717) is 11.5 Å². The maximum Gasteiger partial charge on any atom is 0.417 e. The summed E-state index contributed by atoms with van der Waals surface area (Å²) in [4.78, 5) is 0. The molecule has 3 rings (SSSR count). The van der Waals surface area contributed by atoms with Crippen molar-refractivity contribution in [1.82, 2.24) is 10.2 Å². The Balaban J connectivity index is 1.82. The lowest BCUT2D eigenvalue weighted by Gasteiger charge is -2.12. The Morgan fingerprint density at radius 1 is 0.875 bits per heavy atom. The second kappa shape index (κ2) is 6.49. The number of aromatic nitrogens is 2. The lowest BCUT2D eigenvalue weighted by atomic mass is 10.1. The van der Waals surface area contributed by atoms with E-state index in [9.17, 15) is 13.2 Å². The maximum atomic E-state index is 12.9. The third-order valence-corrected chi connectivity index (χ3v) is 3.61. The Morgan fingerprint density at radius 3 is 2.25 bits per heavy atom. The monoisotopic (exact) mass is 349 g/mol. The van der Waals surface area contributed by atoms with Crippen molar-refractivity contribution in [3.8, 4) is 11.3 Å². The minimum Gasteiger partial charge on any atom is -0.339 e. The Morgan fingerprint density at radius 2 is 1.62 bits per heavy atom. The molecule has 0 saturated heterocycles. The summed E-state index contributed by atoms with van der Waals surface area (Å²) in [6.07, 6.45) is -4.52. The minimum atomic E-state index is -4.52. The van der Waals surface area contributed by atoms with Crippen LogP contribution in [0.15, 0.2) is 60.7 Å². The van der Waals surface area contributed by atoms with Crippen molar-refractivity contribution in [2.45, 2.75) is 6.18 Å². The normalized spacial score (nSPS) is 11.3. The molecule has 0 fully saturated rings. The average molecular weight is 350 g/mol. The Labute approximate surface area is 141 Å². The van der Waals surface area contributed by atoms with Crippen molar-refractivity contribution in [2.75, 3.05) is 5.32 Å². The van der Waals surface area contributed by atoms with E-state index in [1.54, 1.807) is 12.1 Å². The highest BCUT2D eigenvalue weighted by atomic mass is 35.5. The summed E-state index contributed by atoms with van der Waals surface area (Å²) in [5, 5.41) is 10.5.